The number of nitro benzene ring substituents is 1. The van der Waals surface area contributed by atoms with Gasteiger partial charge in [0.2, 0.25) is 0 Å². The van der Waals surface area contributed by atoms with Gasteiger partial charge in [-0.2, -0.15) is 0 Å². The largest absolute Gasteiger partial charge is 0.392 e. The van der Waals surface area contributed by atoms with Crippen LogP contribution in [0.25, 0.3) is 16.7 Å². The second-order valence-electron chi connectivity index (χ2n) is 4.34. The number of imidazole rings is 1. The van der Waals surface area contributed by atoms with Crippen molar-refractivity contribution in [2.45, 2.75) is 6.61 Å². The number of aromatic nitrogens is 2. The van der Waals surface area contributed by atoms with E-state index >= 15 is 0 Å². The van der Waals surface area contributed by atoms with Gasteiger partial charge in [-0.3, -0.25) is 14.7 Å². The third kappa shape index (κ3) is 1.92. The summed E-state index contributed by atoms with van der Waals surface area (Å²) in [5, 5.41) is 20.3. The van der Waals surface area contributed by atoms with Crippen molar-refractivity contribution in [2.24, 2.45) is 0 Å². The van der Waals surface area contributed by atoms with Crippen LogP contribution in [0.3, 0.4) is 0 Å². The highest BCUT2D eigenvalue weighted by Crippen LogP contribution is 2.27. The van der Waals surface area contributed by atoms with Gasteiger partial charge in [0.1, 0.15) is 12.0 Å². The van der Waals surface area contributed by atoms with Crippen molar-refractivity contribution in [1.82, 2.24) is 9.55 Å². The molecule has 0 fully saturated rings. The third-order valence-electron chi connectivity index (χ3n) is 3.13. The molecule has 6 nitrogen and oxygen atoms in total. The molecule has 6 heteroatoms. The molecule has 0 saturated heterocycles. The average Bonchev–Trinajstić information content (AvgIpc) is 2.90. The van der Waals surface area contributed by atoms with E-state index in [1.165, 1.54) is 6.07 Å². The van der Waals surface area contributed by atoms with Crippen LogP contribution in [0.15, 0.2) is 48.8 Å². The summed E-state index contributed by atoms with van der Waals surface area (Å²) in [6.07, 6.45) is 1.56. The molecule has 3 aromatic rings. The highest BCUT2D eigenvalue weighted by atomic mass is 16.6. The SMILES string of the molecule is O=[N+]([O-])c1cc(CO)ccc1-n1cnc2ccccc21. The number of benzene rings is 2. The molecule has 0 aliphatic carbocycles. The second kappa shape index (κ2) is 4.75. The van der Waals surface area contributed by atoms with E-state index in [1.807, 2.05) is 24.3 Å². The first-order valence-electron chi connectivity index (χ1n) is 6.01. The zero-order valence-corrected chi connectivity index (χ0v) is 10.4. The third-order valence-corrected chi connectivity index (χ3v) is 3.13. The van der Waals surface area contributed by atoms with Gasteiger partial charge in [0.25, 0.3) is 5.69 Å². The van der Waals surface area contributed by atoms with Gasteiger partial charge in [-0.05, 0) is 23.8 Å². The van der Waals surface area contributed by atoms with Crippen molar-refractivity contribution in [1.29, 1.82) is 0 Å². The Bertz CT molecular complexity index is 795. The smallest absolute Gasteiger partial charge is 0.293 e. The number of hydrogen-bond acceptors (Lipinski definition) is 4. The minimum atomic E-state index is -0.455. The van der Waals surface area contributed by atoms with E-state index in [-0.39, 0.29) is 12.3 Å². The highest BCUT2D eigenvalue weighted by molar-refractivity contribution is 5.78. The molecule has 0 saturated carbocycles. The predicted molar refractivity (Wildman–Crippen MR) is 73.6 cm³/mol. The molecular weight excluding hydrogens is 258 g/mol. The standard InChI is InChI=1S/C14H11N3O3/c18-8-10-5-6-13(14(7-10)17(19)20)16-9-15-11-3-1-2-4-12(11)16/h1-7,9,18H,8H2. The average molecular weight is 269 g/mol. The molecule has 2 aromatic carbocycles. The van der Waals surface area contributed by atoms with Crippen LogP contribution in [0.5, 0.6) is 0 Å². The first kappa shape index (κ1) is 12.3. The molecule has 0 bridgehead atoms. The van der Waals surface area contributed by atoms with Crippen LogP contribution in [0.2, 0.25) is 0 Å². The fourth-order valence-corrected chi connectivity index (χ4v) is 2.17. The Balaban J connectivity index is 2.26. The fraction of sp³-hybridized carbons (Fsp3) is 0.0714. The van der Waals surface area contributed by atoms with Crippen LogP contribution in [-0.4, -0.2) is 19.6 Å². The number of aliphatic hydroxyl groups is 1. The summed E-state index contributed by atoms with van der Waals surface area (Å²) in [6.45, 7) is -0.230. The first-order valence-corrected chi connectivity index (χ1v) is 6.01. The van der Waals surface area contributed by atoms with Crippen molar-refractivity contribution in [3.63, 3.8) is 0 Å². The van der Waals surface area contributed by atoms with Gasteiger partial charge in [0.05, 0.1) is 22.6 Å². The molecule has 0 aliphatic rings. The summed E-state index contributed by atoms with van der Waals surface area (Å²) in [5.41, 5.74) is 2.45. The Morgan fingerprint density at radius 3 is 2.80 bits per heavy atom. The first-order chi connectivity index (χ1) is 9.70. The zero-order chi connectivity index (χ0) is 14.1. The van der Waals surface area contributed by atoms with Crippen LogP contribution in [-0.2, 0) is 6.61 Å². The van der Waals surface area contributed by atoms with Gasteiger partial charge < -0.3 is 5.11 Å². The van der Waals surface area contributed by atoms with Crippen LogP contribution in [0.4, 0.5) is 5.69 Å². The van der Waals surface area contributed by atoms with Crippen molar-refractivity contribution < 1.29 is 10.0 Å². The molecular formula is C14H11N3O3. The summed E-state index contributed by atoms with van der Waals surface area (Å²) in [4.78, 5) is 15.0. The summed E-state index contributed by atoms with van der Waals surface area (Å²) < 4.78 is 1.68. The Morgan fingerprint density at radius 2 is 2.05 bits per heavy atom. The Kier molecular flexibility index (Phi) is 2.92. The monoisotopic (exact) mass is 269 g/mol. The maximum atomic E-state index is 11.2. The molecule has 3 rings (SSSR count). The molecule has 100 valence electrons. The lowest BCUT2D eigenvalue weighted by atomic mass is 10.1. The molecule has 1 aromatic heterocycles. The number of nitro groups is 1. The van der Waals surface area contributed by atoms with Crippen LogP contribution in [0, 0.1) is 10.1 Å². The van der Waals surface area contributed by atoms with E-state index in [9.17, 15) is 10.1 Å². The topological polar surface area (TPSA) is 81.2 Å². The molecule has 0 atom stereocenters. The summed E-state index contributed by atoms with van der Waals surface area (Å²) in [5.74, 6) is 0. The van der Waals surface area contributed by atoms with Gasteiger partial charge >= 0.3 is 0 Å². The van der Waals surface area contributed by atoms with E-state index in [4.69, 9.17) is 5.11 Å². The summed E-state index contributed by atoms with van der Waals surface area (Å²) in [7, 11) is 0. The quantitative estimate of drug-likeness (QED) is 0.584. The number of para-hydroxylation sites is 2. The molecule has 0 spiro atoms. The van der Waals surface area contributed by atoms with Crippen LogP contribution >= 0.6 is 0 Å². The molecule has 0 unspecified atom stereocenters. The molecule has 0 amide bonds. The number of fused-ring (bicyclic) bond motifs is 1. The lowest BCUT2D eigenvalue weighted by molar-refractivity contribution is -0.384. The highest BCUT2D eigenvalue weighted by Gasteiger charge is 2.17. The van der Waals surface area contributed by atoms with Crippen LogP contribution < -0.4 is 0 Å². The Labute approximate surface area is 114 Å². The van der Waals surface area contributed by atoms with Crippen molar-refractivity contribution in [3.8, 4) is 5.69 Å². The second-order valence-corrected chi connectivity index (χ2v) is 4.34. The molecule has 0 aliphatic heterocycles. The van der Waals surface area contributed by atoms with Crippen LogP contribution in [0.1, 0.15) is 5.56 Å². The summed E-state index contributed by atoms with van der Waals surface area (Å²) >= 11 is 0. The van der Waals surface area contributed by atoms with E-state index < -0.39 is 4.92 Å². The molecule has 1 N–H and O–H groups in total. The van der Waals surface area contributed by atoms with E-state index in [1.54, 1.807) is 23.0 Å². The maximum Gasteiger partial charge on any atom is 0.293 e. The number of hydrogen-bond donors (Lipinski definition) is 1. The predicted octanol–water partition coefficient (Wildman–Crippen LogP) is 2.43. The van der Waals surface area contributed by atoms with Crippen molar-refractivity contribution in [2.75, 3.05) is 0 Å². The van der Waals surface area contributed by atoms with Crippen molar-refractivity contribution in [3.05, 3.63) is 64.5 Å². The Hall–Kier alpha value is -2.73. The van der Waals surface area contributed by atoms with Gasteiger partial charge in [0, 0.05) is 6.07 Å². The number of aliphatic hydroxyl groups excluding tert-OH is 1. The van der Waals surface area contributed by atoms with Gasteiger partial charge in [-0.25, -0.2) is 4.98 Å². The fourth-order valence-electron chi connectivity index (χ4n) is 2.17. The maximum absolute atomic E-state index is 11.2. The number of nitrogens with zero attached hydrogens (tertiary/aromatic N) is 3. The minimum absolute atomic E-state index is 0.0558. The van der Waals surface area contributed by atoms with Gasteiger partial charge in [-0.15, -0.1) is 0 Å². The van der Waals surface area contributed by atoms with Gasteiger partial charge in [-0.1, -0.05) is 18.2 Å². The summed E-state index contributed by atoms with van der Waals surface area (Å²) in [6, 6.07) is 12.1. The molecule has 0 radical (unpaired) electrons. The lowest BCUT2D eigenvalue weighted by Crippen LogP contribution is -2.00. The normalized spacial score (nSPS) is 10.8. The molecule has 20 heavy (non-hydrogen) atoms. The van der Waals surface area contributed by atoms with E-state index in [2.05, 4.69) is 4.98 Å². The number of rotatable bonds is 3. The van der Waals surface area contributed by atoms with E-state index in [0.717, 1.165) is 11.0 Å². The van der Waals surface area contributed by atoms with Crippen molar-refractivity contribution >= 4 is 16.7 Å². The Morgan fingerprint density at radius 1 is 1.25 bits per heavy atom. The molecule has 1 heterocycles. The zero-order valence-electron chi connectivity index (χ0n) is 10.4. The van der Waals surface area contributed by atoms with Gasteiger partial charge in [0.15, 0.2) is 0 Å². The minimum Gasteiger partial charge on any atom is -0.392 e. The van der Waals surface area contributed by atoms with E-state index in [0.29, 0.717) is 11.3 Å². The lowest BCUT2D eigenvalue weighted by Gasteiger charge is -2.06.